The summed E-state index contributed by atoms with van der Waals surface area (Å²) >= 11 is 4.03. The second-order valence-corrected chi connectivity index (χ2v) is 15.5. The van der Waals surface area contributed by atoms with Crippen LogP contribution >= 0.6 is 23.5 Å². The van der Waals surface area contributed by atoms with Crippen LogP contribution in [-0.4, -0.2) is 32.5 Å². The number of ether oxygens (including phenoxy) is 1. The van der Waals surface area contributed by atoms with Gasteiger partial charge in [0.05, 0.1) is 13.2 Å². The Labute approximate surface area is 182 Å². The van der Waals surface area contributed by atoms with Crippen molar-refractivity contribution >= 4 is 31.8 Å². The molecule has 0 unspecified atom stereocenters. The summed E-state index contributed by atoms with van der Waals surface area (Å²) in [5, 5.41) is 0.224. The van der Waals surface area contributed by atoms with E-state index in [1.165, 1.54) is 28.1 Å². The first-order valence-electron chi connectivity index (χ1n) is 9.19. The summed E-state index contributed by atoms with van der Waals surface area (Å²) in [6.45, 7) is 12.9. The number of thioether (sulfide) groups is 2. The van der Waals surface area contributed by atoms with E-state index < -0.39 is 8.32 Å². The van der Waals surface area contributed by atoms with Crippen molar-refractivity contribution in [3.63, 3.8) is 0 Å². The van der Waals surface area contributed by atoms with Gasteiger partial charge in [-0.05, 0) is 41.6 Å². The van der Waals surface area contributed by atoms with Gasteiger partial charge in [0.25, 0.3) is 0 Å². The summed E-state index contributed by atoms with van der Waals surface area (Å²) in [6, 6.07) is 10.4. The maximum atomic E-state index is 6.71. The largest absolute Gasteiger partial charge is 1.00 e. The Hall–Kier alpha value is 0.654. The molecule has 1 heterocycles. The molecule has 1 aromatic carbocycles. The zero-order valence-corrected chi connectivity index (χ0v) is 20.0. The van der Waals surface area contributed by atoms with Crippen LogP contribution in [0.3, 0.4) is 0 Å². The zero-order valence-electron chi connectivity index (χ0n) is 17.3. The van der Waals surface area contributed by atoms with Crippen LogP contribution in [0, 0.1) is 4.58 Å². The van der Waals surface area contributed by atoms with Gasteiger partial charge in [-0.1, -0.05) is 51.1 Å². The first-order valence-corrected chi connectivity index (χ1v) is 14.1. The van der Waals surface area contributed by atoms with Gasteiger partial charge in [0, 0.05) is 6.10 Å². The molecule has 2 nitrogen and oxygen atoms in total. The third-order valence-corrected chi connectivity index (χ3v) is 12.1. The van der Waals surface area contributed by atoms with Crippen molar-refractivity contribution in [2.24, 2.45) is 0 Å². The molecule has 0 N–H and O–H groups in total. The second-order valence-electron chi connectivity index (χ2n) is 8.13. The average Bonchev–Trinajstić information content (AvgIpc) is 2.55. The molecule has 0 spiro atoms. The normalized spacial score (nSPS) is 17.6. The van der Waals surface area contributed by atoms with E-state index >= 15 is 0 Å². The van der Waals surface area contributed by atoms with Gasteiger partial charge in [0.15, 0.2) is 8.32 Å². The Bertz CT molecular complexity index is 502. The molecular weight excluding hydrogens is 371 g/mol. The molecule has 1 aromatic rings. The van der Waals surface area contributed by atoms with Crippen molar-refractivity contribution in [1.29, 1.82) is 0 Å². The Morgan fingerprint density at radius 3 is 2.31 bits per heavy atom. The van der Waals surface area contributed by atoms with Crippen molar-refractivity contribution in [3.05, 3.63) is 40.5 Å². The van der Waals surface area contributed by atoms with Crippen LogP contribution in [0.5, 0.6) is 0 Å². The third-order valence-electron chi connectivity index (χ3n) is 4.89. The predicted molar refractivity (Wildman–Crippen MR) is 116 cm³/mol. The zero-order chi connectivity index (χ0) is 18.3. The van der Waals surface area contributed by atoms with Crippen molar-refractivity contribution in [2.75, 3.05) is 18.1 Å². The summed E-state index contributed by atoms with van der Waals surface area (Å²) in [5.41, 5.74) is 1.22. The minimum absolute atomic E-state index is 0. The first kappa shape index (κ1) is 24.7. The van der Waals surface area contributed by atoms with Gasteiger partial charge in [-0.3, -0.25) is 0 Å². The topological polar surface area (TPSA) is 18.5 Å². The van der Waals surface area contributed by atoms with Crippen LogP contribution in [0.1, 0.15) is 39.2 Å². The van der Waals surface area contributed by atoms with E-state index in [1.54, 1.807) is 0 Å². The minimum atomic E-state index is -1.79. The maximum Gasteiger partial charge on any atom is 1.00 e. The molecule has 142 valence electrons. The summed E-state index contributed by atoms with van der Waals surface area (Å²) < 4.78 is 14.3. The molecule has 0 bridgehead atoms. The van der Waals surface area contributed by atoms with E-state index in [0.717, 1.165) is 6.42 Å². The molecule has 1 aliphatic heterocycles. The van der Waals surface area contributed by atoms with Crippen molar-refractivity contribution in [2.45, 2.75) is 64.5 Å². The molecule has 1 fully saturated rings. The van der Waals surface area contributed by atoms with Gasteiger partial charge in [-0.25, -0.2) is 4.58 Å². The summed E-state index contributed by atoms with van der Waals surface area (Å²) in [4.78, 5) is 0. The molecule has 0 aliphatic carbocycles. The molecule has 0 amide bonds. The number of hydrogen-bond donors (Lipinski definition) is 0. The van der Waals surface area contributed by atoms with Crippen LogP contribution in [0.15, 0.2) is 30.3 Å². The fourth-order valence-electron chi connectivity index (χ4n) is 2.39. The minimum Gasteiger partial charge on any atom is -0.414 e. The van der Waals surface area contributed by atoms with Gasteiger partial charge >= 0.3 is 18.9 Å². The average molecular weight is 405 g/mol. The van der Waals surface area contributed by atoms with Gasteiger partial charge in [0.2, 0.25) is 0 Å². The molecule has 6 heteroatoms. The SMILES string of the molecule is CC(C)(C)[Si](C)(C)O[C@@H](COCc1ccccc1)C[C-]1SCCCS1.[Li+]. The fourth-order valence-corrected chi connectivity index (χ4v) is 6.38. The van der Waals surface area contributed by atoms with Crippen molar-refractivity contribution < 1.29 is 28.0 Å². The van der Waals surface area contributed by atoms with Crippen molar-refractivity contribution in [3.8, 4) is 0 Å². The molecule has 2 rings (SSSR count). The van der Waals surface area contributed by atoms with Crippen LogP contribution in [0.25, 0.3) is 0 Å². The summed E-state index contributed by atoms with van der Waals surface area (Å²) in [6.07, 6.45) is 2.49. The van der Waals surface area contributed by atoms with Crippen molar-refractivity contribution in [1.82, 2.24) is 0 Å². The van der Waals surface area contributed by atoms with E-state index in [2.05, 4.69) is 58.1 Å². The molecular formula is C20H33LiO2S2Si. The predicted octanol–water partition coefficient (Wildman–Crippen LogP) is 3.35. The van der Waals surface area contributed by atoms with Crippen LogP contribution < -0.4 is 18.9 Å². The fraction of sp³-hybridized carbons (Fsp3) is 0.650. The van der Waals surface area contributed by atoms with Crippen LogP contribution in [0.2, 0.25) is 18.1 Å². The Morgan fingerprint density at radius 1 is 1.12 bits per heavy atom. The number of hydrogen-bond acceptors (Lipinski definition) is 4. The monoisotopic (exact) mass is 404 g/mol. The standard InChI is InChI=1S/C20H33O2S2Si.Li/c1-20(2,3)25(4,5)22-18(14-19-23-12-9-13-24-19)16-21-15-17-10-7-6-8-11-17;/h6-8,10-11,18H,9,12-16H2,1-5H3;/q-1;+1/t18-;/m1./s1. The van der Waals surface area contributed by atoms with Gasteiger partial charge < -0.3 is 32.7 Å². The Balaban J connectivity index is 0.00000338. The molecule has 1 atom stereocenters. The maximum absolute atomic E-state index is 6.71. The molecule has 1 aliphatic rings. The number of rotatable bonds is 8. The van der Waals surface area contributed by atoms with Gasteiger partial charge in [-0.2, -0.15) is 0 Å². The van der Waals surface area contributed by atoms with E-state index in [-0.39, 0.29) is 30.0 Å². The van der Waals surface area contributed by atoms with Crippen LogP contribution in [0.4, 0.5) is 0 Å². The number of benzene rings is 1. The Morgan fingerprint density at radius 2 is 1.73 bits per heavy atom. The third kappa shape index (κ3) is 8.35. The van der Waals surface area contributed by atoms with E-state index in [4.69, 9.17) is 9.16 Å². The second kappa shape index (κ2) is 11.6. The smallest absolute Gasteiger partial charge is 0.414 e. The molecule has 0 aromatic heterocycles. The van der Waals surface area contributed by atoms with E-state index in [0.29, 0.717) is 13.2 Å². The Kier molecular flexibility index (Phi) is 11.0. The summed E-state index contributed by atoms with van der Waals surface area (Å²) in [7, 11) is -1.79. The first-order chi connectivity index (χ1) is 11.8. The summed E-state index contributed by atoms with van der Waals surface area (Å²) in [5.74, 6) is 2.50. The van der Waals surface area contributed by atoms with E-state index in [9.17, 15) is 0 Å². The van der Waals surface area contributed by atoms with Gasteiger partial charge in [0.1, 0.15) is 0 Å². The van der Waals surface area contributed by atoms with Crippen LogP contribution in [-0.2, 0) is 15.8 Å². The van der Waals surface area contributed by atoms with Gasteiger partial charge in [-0.15, -0.1) is 6.42 Å². The quantitative estimate of drug-likeness (QED) is 0.488. The molecule has 0 radical (unpaired) electrons. The van der Waals surface area contributed by atoms with E-state index in [1.807, 2.05) is 29.6 Å². The molecule has 26 heavy (non-hydrogen) atoms. The molecule has 0 saturated carbocycles. The molecule has 1 saturated heterocycles.